The molecule has 4 aromatic rings. The fourth-order valence-electron chi connectivity index (χ4n) is 3.75. The summed E-state index contributed by atoms with van der Waals surface area (Å²) in [6.07, 6.45) is 3.84. The SMILES string of the molecule is CN(C)CCN(C)c1ccc(Nc2nccc(-c3cn(C)c4ccccc34)n2)cc1C#N. The van der Waals surface area contributed by atoms with Gasteiger partial charge >= 0.3 is 0 Å². The van der Waals surface area contributed by atoms with Gasteiger partial charge in [0.15, 0.2) is 0 Å². The fraction of sp³-hybridized carbons (Fsp3) is 0.240. The van der Waals surface area contributed by atoms with Crippen LogP contribution in [0, 0.1) is 11.3 Å². The number of para-hydroxylation sites is 1. The molecular formula is C25H27N7. The number of likely N-dealkylation sites (N-methyl/N-ethyl adjacent to an activating group) is 2. The van der Waals surface area contributed by atoms with Gasteiger partial charge in [-0.1, -0.05) is 18.2 Å². The molecule has 0 amide bonds. The second-order valence-corrected chi connectivity index (χ2v) is 8.13. The fourth-order valence-corrected chi connectivity index (χ4v) is 3.75. The molecule has 0 bridgehead atoms. The van der Waals surface area contributed by atoms with Gasteiger partial charge in [0.05, 0.1) is 16.9 Å². The zero-order valence-corrected chi connectivity index (χ0v) is 18.9. The summed E-state index contributed by atoms with van der Waals surface area (Å²) in [7, 11) is 8.12. The van der Waals surface area contributed by atoms with Crippen molar-refractivity contribution in [2.75, 3.05) is 44.4 Å². The van der Waals surface area contributed by atoms with Crippen LogP contribution in [0.1, 0.15) is 5.56 Å². The number of anilines is 3. The van der Waals surface area contributed by atoms with Gasteiger partial charge in [0.1, 0.15) is 6.07 Å². The molecule has 0 saturated carbocycles. The average Bonchev–Trinajstić information content (AvgIpc) is 3.14. The van der Waals surface area contributed by atoms with Crippen LogP contribution in [0.3, 0.4) is 0 Å². The Balaban J connectivity index is 1.59. The largest absolute Gasteiger partial charge is 0.372 e. The molecule has 0 aliphatic carbocycles. The van der Waals surface area contributed by atoms with E-state index < -0.39 is 0 Å². The molecule has 0 saturated heterocycles. The highest BCUT2D eigenvalue weighted by Crippen LogP contribution is 2.30. The van der Waals surface area contributed by atoms with Crippen molar-refractivity contribution in [1.82, 2.24) is 19.4 Å². The maximum Gasteiger partial charge on any atom is 0.227 e. The number of rotatable bonds is 7. The Morgan fingerprint density at radius 1 is 1.06 bits per heavy atom. The van der Waals surface area contributed by atoms with Crippen LogP contribution in [-0.2, 0) is 7.05 Å². The highest BCUT2D eigenvalue weighted by Gasteiger charge is 2.12. The van der Waals surface area contributed by atoms with Gasteiger partial charge in [-0.25, -0.2) is 9.97 Å². The molecule has 2 aromatic carbocycles. The van der Waals surface area contributed by atoms with E-state index in [4.69, 9.17) is 4.98 Å². The van der Waals surface area contributed by atoms with Gasteiger partial charge in [0, 0.05) is 61.7 Å². The van der Waals surface area contributed by atoms with E-state index in [9.17, 15) is 5.26 Å². The van der Waals surface area contributed by atoms with Crippen LogP contribution < -0.4 is 10.2 Å². The van der Waals surface area contributed by atoms with E-state index in [0.29, 0.717) is 11.5 Å². The summed E-state index contributed by atoms with van der Waals surface area (Å²) >= 11 is 0. The molecule has 0 spiro atoms. The molecule has 2 aromatic heterocycles. The third kappa shape index (κ3) is 4.41. The number of nitrogens with zero attached hydrogens (tertiary/aromatic N) is 6. The second-order valence-electron chi connectivity index (χ2n) is 8.13. The molecule has 32 heavy (non-hydrogen) atoms. The first kappa shape index (κ1) is 21.3. The minimum Gasteiger partial charge on any atom is -0.372 e. The predicted octanol–water partition coefficient (Wildman–Crippen LogP) is 4.25. The lowest BCUT2D eigenvalue weighted by atomic mass is 10.1. The maximum atomic E-state index is 9.68. The van der Waals surface area contributed by atoms with Crippen molar-refractivity contribution in [2.45, 2.75) is 0 Å². The third-order valence-corrected chi connectivity index (χ3v) is 5.50. The molecule has 7 nitrogen and oxygen atoms in total. The number of hydrogen-bond donors (Lipinski definition) is 1. The Morgan fingerprint density at radius 3 is 2.66 bits per heavy atom. The van der Waals surface area contributed by atoms with E-state index in [-0.39, 0.29) is 0 Å². The van der Waals surface area contributed by atoms with Crippen LogP contribution in [-0.4, -0.2) is 53.7 Å². The summed E-state index contributed by atoms with van der Waals surface area (Å²) in [5.74, 6) is 0.494. The van der Waals surface area contributed by atoms with Crippen LogP contribution in [0.15, 0.2) is 60.9 Å². The molecular weight excluding hydrogens is 398 g/mol. The van der Waals surface area contributed by atoms with Crippen LogP contribution in [0.25, 0.3) is 22.2 Å². The zero-order valence-electron chi connectivity index (χ0n) is 18.9. The van der Waals surface area contributed by atoms with Gasteiger partial charge in [0.25, 0.3) is 0 Å². The van der Waals surface area contributed by atoms with Gasteiger partial charge in [-0.2, -0.15) is 5.26 Å². The standard InChI is InChI=1S/C25H27N7/c1-30(2)13-14-31(3)23-10-9-19(15-18(23)16-26)28-25-27-12-11-22(29-25)21-17-32(4)24-8-6-5-7-20(21)24/h5-12,15,17H,13-14H2,1-4H3,(H,27,28,29). The molecule has 4 rings (SSSR count). The number of aryl methyl sites for hydroxylation is 1. The molecule has 0 atom stereocenters. The number of benzene rings is 2. The zero-order chi connectivity index (χ0) is 22.7. The summed E-state index contributed by atoms with van der Waals surface area (Å²) < 4.78 is 2.10. The van der Waals surface area contributed by atoms with Crippen LogP contribution in [0.5, 0.6) is 0 Å². The topological polar surface area (TPSA) is 73.0 Å². The van der Waals surface area contributed by atoms with Crippen molar-refractivity contribution >= 4 is 28.2 Å². The Bertz CT molecular complexity index is 1280. The Labute approximate surface area is 188 Å². The highest BCUT2D eigenvalue weighted by molar-refractivity contribution is 5.95. The van der Waals surface area contributed by atoms with Crippen molar-refractivity contribution in [3.63, 3.8) is 0 Å². The van der Waals surface area contributed by atoms with Gasteiger partial charge in [0.2, 0.25) is 5.95 Å². The smallest absolute Gasteiger partial charge is 0.227 e. The lowest BCUT2D eigenvalue weighted by Gasteiger charge is -2.23. The molecule has 1 N–H and O–H groups in total. The number of aromatic nitrogens is 3. The average molecular weight is 426 g/mol. The molecule has 162 valence electrons. The van der Waals surface area contributed by atoms with Crippen molar-refractivity contribution in [2.24, 2.45) is 7.05 Å². The van der Waals surface area contributed by atoms with Crippen LogP contribution >= 0.6 is 0 Å². The molecule has 2 heterocycles. The van der Waals surface area contributed by atoms with Gasteiger partial charge in [-0.15, -0.1) is 0 Å². The first-order chi connectivity index (χ1) is 15.5. The summed E-state index contributed by atoms with van der Waals surface area (Å²) in [6.45, 7) is 1.75. The third-order valence-electron chi connectivity index (χ3n) is 5.50. The summed E-state index contributed by atoms with van der Waals surface area (Å²) in [6, 6.07) is 18.3. The monoisotopic (exact) mass is 425 g/mol. The first-order valence-corrected chi connectivity index (χ1v) is 10.5. The summed E-state index contributed by atoms with van der Waals surface area (Å²) in [5.41, 5.74) is 5.36. The summed E-state index contributed by atoms with van der Waals surface area (Å²) in [4.78, 5) is 13.3. The van der Waals surface area contributed by atoms with Crippen molar-refractivity contribution in [3.8, 4) is 17.3 Å². The molecule has 0 unspecified atom stereocenters. The van der Waals surface area contributed by atoms with Gasteiger partial charge in [-0.05, 0) is 44.4 Å². The quantitative estimate of drug-likeness (QED) is 0.477. The lowest BCUT2D eigenvalue weighted by Crippen LogP contribution is -2.28. The minimum atomic E-state index is 0.494. The highest BCUT2D eigenvalue weighted by atomic mass is 15.2. The minimum absolute atomic E-state index is 0.494. The van der Waals surface area contributed by atoms with E-state index in [0.717, 1.165) is 46.6 Å². The lowest BCUT2D eigenvalue weighted by molar-refractivity contribution is 0.416. The Morgan fingerprint density at radius 2 is 1.88 bits per heavy atom. The van der Waals surface area contributed by atoms with E-state index in [1.54, 1.807) is 6.20 Å². The van der Waals surface area contributed by atoms with E-state index in [1.807, 2.05) is 64.6 Å². The number of hydrogen-bond acceptors (Lipinski definition) is 6. The van der Waals surface area contributed by atoms with Gasteiger partial charge in [-0.3, -0.25) is 0 Å². The Kier molecular flexibility index (Phi) is 6.06. The predicted molar refractivity (Wildman–Crippen MR) is 130 cm³/mol. The van der Waals surface area contributed by atoms with Crippen LogP contribution in [0.4, 0.5) is 17.3 Å². The molecule has 0 radical (unpaired) electrons. The van der Waals surface area contributed by atoms with Crippen molar-refractivity contribution < 1.29 is 0 Å². The molecule has 0 aliphatic rings. The second kappa shape index (κ2) is 9.08. The van der Waals surface area contributed by atoms with Gasteiger partial charge < -0.3 is 19.7 Å². The molecule has 0 fully saturated rings. The van der Waals surface area contributed by atoms with Crippen molar-refractivity contribution in [3.05, 3.63) is 66.5 Å². The van der Waals surface area contributed by atoms with E-state index >= 15 is 0 Å². The van der Waals surface area contributed by atoms with E-state index in [2.05, 4.69) is 49.1 Å². The normalized spacial score (nSPS) is 11.0. The number of nitrogens with one attached hydrogen (secondary N) is 1. The van der Waals surface area contributed by atoms with Crippen LogP contribution in [0.2, 0.25) is 0 Å². The maximum absolute atomic E-state index is 9.68. The first-order valence-electron chi connectivity index (χ1n) is 10.5. The number of nitriles is 1. The summed E-state index contributed by atoms with van der Waals surface area (Å²) in [5, 5.41) is 14.1. The molecule has 7 heteroatoms. The number of fused-ring (bicyclic) bond motifs is 1. The Hall–Kier alpha value is -3.89. The van der Waals surface area contributed by atoms with E-state index in [1.165, 1.54) is 0 Å². The molecule has 0 aliphatic heterocycles. The van der Waals surface area contributed by atoms with Crippen molar-refractivity contribution in [1.29, 1.82) is 5.26 Å².